The Balaban J connectivity index is 1.63. The van der Waals surface area contributed by atoms with Gasteiger partial charge in [0.05, 0.1) is 11.5 Å². The number of ether oxygens (including phenoxy) is 1. The molecule has 1 heterocycles. The molecular weight excluding hydrogens is 495 g/mol. The molecule has 2 fully saturated rings. The molecule has 6 nitrogen and oxygen atoms in total. The van der Waals surface area contributed by atoms with E-state index >= 15 is 0 Å². The SMILES string of the molecule is Cc1cc(-c2cccc(NS(=O)(=O)CCCCl)c2)c(Cl)cc1C1C(=N)C2(CCCCC2)OC1=O. The first-order valence-electron chi connectivity index (χ1n) is 11.4. The van der Waals surface area contributed by atoms with Crippen LogP contribution in [-0.4, -0.2) is 37.3 Å². The predicted octanol–water partition coefficient (Wildman–Crippen LogP) is 6.05. The second-order valence-electron chi connectivity index (χ2n) is 9.06. The van der Waals surface area contributed by atoms with Crippen LogP contribution in [-0.2, 0) is 19.6 Å². The second-order valence-corrected chi connectivity index (χ2v) is 11.7. The van der Waals surface area contributed by atoms with E-state index in [1.807, 2.05) is 19.1 Å². The molecule has 1 saturated heterocycles. The first kappa shape index (κ1) is 25.0. The zero-order valence-electron chi connectivity index (χ0n) is 19.0. The molecule has 0 bridgehead atoms. The van der Waals surface area contributed by atoms with Gasteiger partial charge in [0.2, 0.25) is 10.0 Å². The van der Waals surface area contributed by atoms with Gasteiger partial charge in [-0.25, -0.2) is 8.42 Å². The van der Waals surface area contributed by atoms with Gasteiger partial charge >= 0.3 is 5.97 Å². The van der Waals surface area contributed by atoms with E-state index in [9.17, 15) is 13.2 Å². The highest BCUT2D eigenvalue weighted by Crippen LogP contribution is 2.45. The summed E-state index contributed by atoms with van der Waals surface area (Å²) in [5.74, 6) is -0.910. The van der Waals surface area contributed by atoms with Crippen LogP contribution in [0.1, 0.15) is 55.6 Å². The van der Waals surface area contributed by atoms with Crippen molar-refractivity contribution in [3.05, 3.63) is 52.5 Å². The summed E-state index contributed by atoms with van der Waals surface area (Å²) in [6.45, 7) is 1.89. The Kier molecular flexibility index (Phi) is 7.27. The number of hydrogen-bond donors (Lipinski definition) is 2. The normalized spacial score (nSPS) is 19.9. The van der Waals surface area contributed by atoms with Crippen LogP contribution in [0.15, 0.2) is 36.4 Å². The Bertz CT molecular complexity index is 1220. The third kappa shape index (κ3) is 4.97. The van der Waals surface area contributed by atoms with Crippen molar-refractivity contribution in [2.45, 2.75) is 57.0 Å². The molecule has 182 valence electrons. The highest BCUT2D eigenvalue weighted by atomic mass is 35.5. The topological polar surface area (TPSA) is 96.3 Å². The molecular formula is C25H28Cl2N2O4S. The molecule has 1 spiro atoms. The van der Waals surface area contributed by atoms with E-state index in [0.717, 1.165) is 36.0 Å². The van der Waals surface area contributed by atoms with Crippen molar-refractivity contribution in [2.75, 3.05) is 16.4 Å². The molecule has 1 aliphatic carbocycles. The van der Waals surface area contributed by atoms with E-state index in [4.69, 9.17) is 33.3 Å². The maximum Gasteiger partial charge on any atom is 0.320 e. The number of halogens is 2. The van der Waals surface area contributed by atoms with Gasteiger partial charge in [-0.05, 0) is 80.0 Å². The van der Waals surface area contributed by atoms with Crippen molar-refractivity contribution in [3.8, 4) is 11.1 Å². The number of esters is 1. The number of benzene rings is 2. The molecule has 9 heteroatoms. The smallest absolute Gasteiger partial charge is 0.320 e. The summed E-state index contributed by atoms with van der Waals surface area (Å²) in [7, 11) is -3.50. The van der Waals surface area contributed by atoms with Gasteiger partial charge in [-0.3, -0.25) is 9.52 Å². The molecule has 34 heavy (non-hydrogen) atoms. The fourth-order valence-corrected chi connectivity index (χ4v) is 6.60. The molecule has 4 rings (SSSR count). The number of carbonyl (C=O) groups excluding carboxylic acids is 1. The molecule has 1 atom stereocenters. The monoisotopic (exact) mass is 522 g/mol. The lowest BCUT2D eigenvalue weighted by Gasteiger charge is -2.31. The maximum absolute atomic E-state index is 12.8. The number of carbonyl (C=O) groups is 1. The van der Waals surface area contributed by atoms with E-state index in [1.165, 1.54) is 0 Å². The minimum Gasteiger partial charge on any atom is -0.452 e. The second kappa shape index (κ2) is 9.88. The Morgan fingerprint density at radius 1 is 1.18 bits per heavy atom. The van der Waals surface area contributed by atoms with Crippen molar-refractivity contribution in [3.63, 3.8) is 0 Å². The van der Waals surface area contributed by atoms with Gasteiger partial charge in [0.25, 0.3) is 0 Å². The van der Waals surface area contributed by atoms with Crippen molar-refractivity contribution in [1.29, 1.82) is 5.41 Å². The maximum atomic E-state index is 12.8. The van der Waals surface area contributed by atoms with Crippen LogP contribution < -0.4 is 4.72 Å². The fourth-order valence-electron chi connectivity index (χ4n) is 4.92. The molecule has 2 aromatic carbocycles. The molecule has 2 aromatic rings. The number of anilines is 1. The number of nitrogens with one attached hydrogen (secondary N) is 2. The Morgan fingerprint density at radius 2 is 1.91 bits per heavy atom. The van der Waals surface area contributed by atoms with Crippen molar-refractivity contribution in [1.82, 2.24) is 0 Å². The van der Waals surface area contributed by atoms with Crippen LogP contribution in [0.25, 0.3) is 11.1 Å². The van der Waals surface area contributed by atoms with E-state index in [2.05, 4.69) is 4.72 Å². The fraction of sp³-hybridized carbons (Fsp3) is 0.440. The van der Waals surface area contributed by atoms with Crippen molar-refractivity contribution in [2.24, 2.45) is 0 Å². The summed E-state index contributed by atoms with van der Waals surface area (Å²) in [4.78, 5) is 12.8. The highest BCUT2D eigenvalue weighted by Gasteiger charge is 2.53. The average Bonchev–Trinajstić information content (AvgIpc) is 3.03. The predicted molar refractivity (Wildman–Crippen MR) is 137 cm³/mol. The van der Waals surface area contributed by atoms with Crippen molar-refractivity contribution >= 4 is 50.6 Å². The number of hydrogen-bond acceptors (Lipinski definition) is 5. The summed E-state index contributed by atoms with van der Waals surface area (Å²) in [5, 5.41) is 9.22. The van der Waals surface area contributed by atoms with Gasteiger partial charge in [-0.15, -0.1) is 11.6 Å². The van der Waals surface area contributed by atoms with Crippen LogP contribution in [0.3, 0.4) is 0 Å². The molecule has 0 amide bonds. The van der Waals surface area contributed by atoms with E-state index in [0.29, 0.717) is 41.2 Å². The quantitative estimate of drug-likeness (QED) is 0.341. The summed E-state index contributed by atoms with van der Waals surface area (Å²) >= 11 is 12.3. The van der Waals surface area contributed by atoms with Gasteiger partial charge < -0.3 is 10.1 Å². The van der Waals surface area contributed by atoms with Gasteiger partial charge in [-0.2, -0.15) is 0 Å². The number of alkyl halides is 1. The van der Waals surface area contributed by atoms with E-state index < -0.39 is 21.5 Å². The minimum atomic E-state index is -3.50. The van der Waals surface area contributed by atoms with Crippen LogP contribution in [0.4, 0.5) is 5.69 Å². The molecule has 2 aliphatic rings. The lowest BCUT2D eigenvalue weighted by atomic mass is 9.77. The van der Waals surface area contributed by atoms with Gasteiger partial charge in [0.1, 0.15) is 5.92 Å². The summed E-state index contributed by atoms with van der Waals surface area (Å²) in [6.07, 6.45) is 4.76. The average molecular weight is 523 g/mol. The first-order chi connectivity index (χ1) is 16.2. The summed E-state index contributed by atoms with van der Waals surface area (Å²) in [5.41, 5.74) is 2.96. The third-order valence-electron chi connectivity index (χ3n) is 6.63. The Hall–Kier alpha value is -2.09. The summed E-state index contributed by atoms with van der Waals surface area (Å²) < 4.78 is 32.9. The third-order valence-corrected chi connectivity index (χ3v) is 8.59. The number of sulfonamides is 1. The Morgan fingerprint density at radius 3 is 2.62 bits per heavy atom. The lowest BCUT2D eigenvalue weighted by Crippen LogP contribution is -2.38. The van der Waals surface area contributed by atoms with E-state index in [1.54, 1.807) is 24.3 Å². The Labute approximate surface area is 210 Å². The van der Waals surface area contributed by atoms with Gasteiger partial charge in [0, 0.05) is 22.2 Å². The highest BCUT2D eigenvalue weighted by molar-refractivity contribution is 7.92. The zero-order valence-corrected chi connectivity index (χ0v) is 21.3. The molecule has 1 saturated carbocycles. The minimum absolute atomic E-state index is 0.0553. The van der Waals surface area contributed by atoms with Crippen LogP contribution in [0.2, 0.25) is 5.02 Å². The van der Waals surface area contributed by atoms with Crippen LogP contribution >= 0.6 is 23.2 Å². The molecule has 1 unspecified atom stereocenters. The summed E-state index contributed by atoms with van der Waals surface area (Å²) in [6, 6.07) is 10.6. The zero-order chi connectivity index (χ0) is 24.5. The molecule has 1 aliphatic heterocycles. The van der Waals surface area contributed by atoms with Crippen LogP contribution in [0, 0.1) is 12.3 Å². The number of rotatable bonds is 7. The first-order valence-corrected chi connectivity index (χ1v) is 14.0. The lowest BCUT2D eigenvalue weighted by molar-refractivity contribution is -0.149. The molecule has 2 N–H and O–H groups in total. The van der Waals surface area contributed by atoms with Gasteiger partial charge in [0.15, 0.2) is 5.60 Å². The number of aryl methyl sites for hydroxylation is 1. The molecule has 0 aromatic heterocycles. The standard InChI is InChI=1S/C25H28Cl2N2O4S/c1-16-13-20(17-7-5-8-18(14-17)29-34(31,32)12-6-11-26)21(27)15-19(16)22-23(28)25(33-24(22)30)9-3-2-4-10-25/h5,7-8,13-15,22,28-29H,2-4,6,9-12H2,1H3. The van der Waals surface area contributed by atoms with E-state index in [-0.39, 0.29) is 17.6 Å². The van der Waals surface area contributed by atoms with Crippen molar-refractivity contribution < 1.29 is 17.9 Å². The van der Waals surface area contributed by atoms with Crippen LogP contribution in [0.5, 0.6) is 0 Å². The largest absolute Gasteiger partial charge is 0.452 e. The van der Waals surface area contributed by atoms with Gasteiger partial charge in [-0.1, -0.05) is 30.2 Å². The molecule has 0 radical (unpaired) electrons.